The first-order chi connectivity index (χ1) is 6.67. The monoisotopic (exact) mass is 198 g/mol. The van der Waals surface area contributed by atoms with Gasteiger partial charge >= 0.3 is 0 Å². The van der Waals surface area contributed by atoms with Gasteiger partial charge in [0, 0.05) is 12.5 Å². The van der Waals surface area contributed by atoms with Crippen molar-refractivity contribution in [3.8, 4) is 0 Å². The van der Waals surface area contributed by atoms with E-state index in [0.29, 0.717) is 12.5 Å². The molecule has 14 heavy (non-hydrogen) atoms. The zero-order chi connectivity index (χ0) is 10.6. The molecular formula is C11H22N2O. The van der Waals surface area contributed by atoms with Crippen LogP contribution in [0.4, 0.5) is 0 Å². The number of carbonyl (C=O) groups is 1. The summed E-state index contributed by atoms with van der Waals surface area (Å²) in [7, 11) is 0. The molecule has 1 saturated carbocycles. The first-order valence-corrected chi connectivity index (χ1v) is 5.65. The average Bonchev–Trinajstić information content (AvgIpc) is 3.04. The second-order valence-electron chi connectivity index (χ2n) is 4.40. The van der Waals surface area contributed by atoms with E-state index in [1.807, 2.05) is 0 Å². The molecule has 3 N–H and O–H groups in total. The number of nitrogens with two attached hydrogens (primary N) is 1. The van der Waals surface area contributed by atoms with Crippen LogP contribution in [0.1, 0.15) is 39.5 Å². The van der Waals surface area contributed by atoms with Crippen molar-refractivity contribution in [1.29, 1.82) is 0 Å². The van der Waals surface area contributed by atoms with Crippen LogP contribution in [0.2, 0.25) is 0 Å². The van der Waals surface area contributed by atoms with E-state index < -0.39 is 0 Å². The van der Waals surface area contributed by atoms with E-state index in [0.717, 1.165) is 32.2 Å². The molecule has 1 aliphatic rings. The molecule has 0 atom stereocenters. The maximum absolute atomic E-state index is 11.4. The fourth-order valence-electron chi connectivity index (χ4n) is 1.63. The predicted octanol–water partition coefficient (Wildman–Crippen LogP) is 1.28. The largest absolute Gasteiger partial charge is 0.355 e. The maximum atomic E-state index is 11.4. The van der Waals surface area contributed by atoms with Crippen LogP contribution >= 0.6 is 0 Å². The molecule has 1 aliphatic carbocycles. The third-order valence-electron chi connectivity index (χ3n) is 3.52. The fourth-order valence-corrected chi connectivity index (χ4v) is 1.63. The van der Waals surface area contributed by atoms with Crippen LogP contribution in [0.5, 0.6) is 0 Å². The second-order valence-corrected chi connectivity index (χ2v) is 4.40. The van der Waals surface area contributed by atoms with Gasteiger partial charge in [-0.25, -0.2) is 0 Å². The lowest BCUT2D eigenvalue weighted by atomic mass is 9.82. The summed E-state index contributed by atoms with van der Waals surface area (Å²) < 4.78 is 0. The van der Waals surface area contributed by atoms with Crippen molar-refractivity contribution in [2.75, 3.05) is 13.1 Å². The molecule has 82 valence electrons. The van der Waals surface area contributed by atoms with E-state index in [2.05, 4.69) is 19.2 Å². The van der Waals surface area contributed by atoms with Gasteiger partial charge in [0.2, 0.25) is 5.91 Å². The van der Waals surface area contributed by atoms with Gasteiger partial charge in [0.05, 0.1) is 0 Å². The van der Waals surface area contributed by atoms with Crippen LogP contribution in [-0.2, 0) is 4.79 Å². The minimum Gasteiger partial charge on any atom is -0.355 e. The molecule has 1 rings (SSSR count). The number of nitrogens with one attached hydrogen (secondary N) is 1. The number of carbonyl (C=O) groups excluding carboxylic acids is 1. The highest BCUT2D eigenvalue weighted by Gasteiger charge is 2.31. The van der Waals surface area contributed by atoms with Crippen molar-refractivity contribution in [3.05, 3.63) is 0 Å². The van der Waals surface area contributed by atoms with Crippen LogP contribution in [0.15, 0.2) is 0 Å². The summed E-state index contributed by atoms with van der Waals surface area (Å²) >= 11 is 0. The van der Waals surface area contributed by atoms with Crippen molar-refractivity contribution in [3.63, 3.8) is 0 Å². The quantitative estimate of drug-likeness (QED) is 0.675. The van der Waals surface area contributed by atoms with E-state index in [-0.39, 0.29) is 11.3 Å². The molecule has 0 aromatic carbocycles. The number of amides is 1. The summed E-state index contributed by atoms with van der Waals surface area (Å²) in [6.07, 6.45) is 4.20. The highest BCUT2D eigenvalue weighted by atomic mass is 16.2. The highest BCUT2D eigenvalue weighted by Crippen LogP contribution is 2.30. The first kappa shape index (κ1) is 11.5. The Bertz CT molecular complexity index is 187. The summed E-state index contributed by atoms with van der Waals surface area (Å²) in [5.41, 5.74) is 5.87. The lowest BCUT2D eigenvalue weighted by molar-refractivity contribution is -0.122. The standard InChI is InChI=1S/C11H22N2O/c1-3-11(4-2,7-12)8-13-10(14)9-5-6-9/h9H,3-8,12H2,1-2H3,(H,13,14). The summed E-state index contributed by atoms with van der Waals surface area (Å²) in [5, 5.41) is 3.02. The molecular weight excluding hydrogens is 176 g/mol. The van der Waals surface area contributed by atoms with Crippen LogP contribution in [0, 0.1) is 11.3 Å². The molecule has 0 radical (unpaired) electrons. The molecule has 0 saturated heterocycles. The van der Waals surface area contributed by atoms with E-state index in [1.165, 1.54) is 0 Å². The molecule has 3 heteroatoms. The lowest BCUT2D eigenvalue weighted by Crippen LogP contribution is -2.42. The Hall–Kier alpha value is -0.570. The Morgan fingerprint density at radius 3 is 2.36 bits per heavy atom. The molecule has 1 fully saturated rings. The summed E-state index contributed by atoms with van der Waals surface area (Å²) in [4.78, 5) is 11.4. The number of rotatable bonds is 6. The van der Waals surface area contributed by atoms with Crippen LogP contribution in [-0.4, -0.2) is 19.0 Å². The Morgan fingerprint density at radius 2 is 2.00 bits per heavy atom. The SMILES string of the molecule is CCC(CC)(CN)CNC(=O)C1CC1. The van der Waals surface area contributed by atoms with Gasteiger partial charge < -0.3 is 11.1 Å². The van der Waals surface area contributed by atoms with Gasteiger partial charge in [0.25, 0.3) is 0 Å². The Labute approximate surface area is 86.4 Å². The average molecular weight is 198 g/mol. The first-order valence-electron chi connectivity index (χ1n) is 5.65. The van der Waals surface area contributed by atoms with Gasteiger partial charge in [0.15, 0.2) is 0 Å². The van der Waals surface area contributed by atoms with Gasteiger partial charge in [-0.2, -0.15) is 0 Å². The molecule has 0 spiro atoms. The van der Waals surface area contributed by atoms with Crippen molar-refractivity contribution in [2.24, 2.45) is 17.1 Å². The van der Waals surface area contributed by atoms with Gasteiger partial charge in [-0.1, -0.05) is 13.8 Å². The smallest absolute Gasteiger partial charge is 0.223 e. The molecule has 0 bridgehead atoms. The summed E-state index contributed by atoms with van der Waals surface area (Å²) in [5.74, 6) is 0.531. The Kier molecular flexibility index (Phi) is 3.93. The minimum absolute atomic E-state index is 0.116. The second kappa shape index (κ2) is 4.78. The van der Waals surface area contributed by atoms with Gasteiger partial charge in [-0.15, -0.1) is 0 Å². The minimum atomic E-state index is 0.116. The maximum Gasteiger partial charge on any atom is 0.223 e. The molecule has 0 heterocycles. The molecule has 0 aromatic rings. The normalized spacial score (nSPS) is 16.8. The Morgan fingerprint density at radius 1 is 1.43 bits per heavy atom. The zero-order valence-corrected chi connectivity index (χ0v) is 9.31. The molecule has 0 aromatic heterocycles. The lowest BCUT2D eigenvalue weighted by Gasteiger charge is -2.30. The fraction of sp³-hybridized carbons (Fsp3) is 0.909. The van der Waals surface area contributed by atoms with E-state index in [9.17, 15) is 4.79 Å². The molecule has 3 nitrogen and oxygen atoms in total. The highest BCUT2D eigenvalue weighted by molar-refractivity contribution is 5.80. The van der Waals surface area contributed by atoms with Crippen molar-refractivity contribution in [2.45, 2.75) is 39.5 Å². The van der Waals surface area contributed by atoms with Gasteiger partial charge in [-0.05, 0) is 37.6 Å². The van der Waals surface area contributed by atoms with E-state index in [4.69, 9.17) is 5.73 Å². The van der Waals surface area contributed by atoms with Gasteiger partial charge in [0.1, 0.15) is 0 Å². The van der Waals surface area contributed by atoms with Gasteiger partial charge in [-0.3, -0.25) is 4.79 Å². The van der Waals surface area contributed by atoms with Crippen molar-refractivity contribution < 1.29 is 4.79 Å². The predicted molar refractivity (Wildman–Crippen MR) is 57.8 cm³/mol. The summed E-state index contributed by atoms with van der Waals surface area (Å²) in [6, 6.07) is 0. The topological polar surface area (TPSA) is 55.1 Å². The number of hydrogen-bond acceptors (Lipinski definition) is 2. The van der Waals surface area contributed by atoms with Crippen LogP contribution in [0.25, 0.3) is 0 Å². The number of hydrogen-bond donors (Lipinski definition) is 2. The molecule has 0 aliphatic heterocycles. The summed E-state index contributed by atoms with van der Waals surface area (Å²) in [6.45, 7) is 5.68. The molecule has 1 amide bonds. The third kappa shape index (κ3) is 2.71. The Balaban J connectivity index is 2.34. The van der Waals surface area contributed by atoms with Crippen LogP contribution in [0.3, 0.4) is 0 Å². The third-order valence-corrected chi connectivity index (χ3v) is 3.52. The van der Waals surface area contributed by atoms with Crippen molar-refractivity contribution >= 4 is 5.91 Å². The molecule has 0 unspecified atom stereocenters. The van der Waals surface area contributed by atoms with E-state index in [1.54, 1.807) is 0 Å². The van der Waals surface area contributed by atoms with Crippen LogP contribution < -0.4 is 11.1 Å². The zero-order valence-electron chi connectivity index (χ0n) is 9.31. The van der Waals surface area contributed by atoms with Crippen molar-refractivity contribution in [1.82, 2.24) is 5.32 Å². The van der Waals surface area contributed by atoms with E-state index >= 15 is 0 Å².